The first kappa shape index (κ1) is 17.8. The second-order valence-electron chi connectivity index (χ2n) is 7.79. The van der Waals surface area contributed by atoms with Gasteiger partial charge in [-0.05, 0) is 42.2 Å². The molecule has 0 heterocycles. The van der Waals surface area contributed by atoms with Crippen LogP contribution in [0.4, 0.5) is 0 Å². The van der Waals surface area contributed by atoms with Gasteiger partial charge in [0.05, 0.1) is 11.8 Å². The first-order valence-corrected chi connectivity index (χ1v) is 9.85. The summed E-state index contributed by atoms with van der Waals surface area (Å²) in [6.07, 6.45) is 3.14. The third-order valence-electron chi connectivity index (χ3n) is 6.14. The van der Waals surface area contributed by atoms with E-state index in [9.17, 15) is 9.59 Å². The lowest BCUT2D eigenvalue weighted by atomic mass is 9.78. The number of hydrogen-bond donors (Lipinski definition) is 2. The molecule has 2 saturated carbocycles. The molecule has 2 aliphatic rings. The topological polar surface area (TPSA) is 58.2 Å². The number of rotatable bonds is 6. The van der Waals surface area contributed by atoms with Crippen molar-refractivity contribution in [3.8, 4) is 0 Å². The number of carbonyl (C=O) groups is 2. The molecule has 2 amide bonds. The van der Waals surface area contributed by atoms with Crippen LogP contribution in [0.3, 0.4) is 0 Å². The zero-order valence-electron chi connectivity index (χ0n) is 15.4. The average molecular weight is 362 g/mol. The quantitative estimate of drug-likeness (QED) is 0.828. The summed E-state index contributed by atoms with van der Waals surface area (Å²) in [7, 11) is 0. The zero-order valence-corrected chi connectivity index (χ0v) is 15.4. The first-order chi connectivity index (χ1) is 13.2. The molecule has 2 N–H and O–H groups in total. The Morgan fingerprint density at radius 2 is 1.11 bits per heavy atom. The van der Waals surface area contributed by atoms with Crippen molar-refractivity contribution in [1.29, 1.82) is 0 Å². The molecule has 4 atom stereocenters. The Labute approximate surface area is 160 Å². The van der Waals surface area contributed by atoms with E-state index in [1.165, 1.54) is 0 Å². The summed E-state index contributed by atoms with van der Waals surface area (Å²) in [5.74, 6) is 0.375. The van der Waals surface area contributed by atoms with Crippen LogP contribution in [-0.4, -0.2) is 11.8 Å². The van der Waals surface area contributed by atoms with Crippen molar-refractivity contribution in [1.82, 2.24) is 10.6 Å². The van der Waals surface area contributed by atoms with Gasteiger partial charge < -0.3 is 10.6 Å². The molecule has 0 saturated heterocycles. The van der Waals surface area contributed by atoms with E-state index in [1.54, 1.807) is 0 Å². The molecule has 0 radical (unpaired) electrons. The van der Waals surface area contributed by atoms with E-state index in [-0.39, 0.29) is 23.7 Å². The van der Waals surface area contributed by atoms with Crippen molar-refractivity contribution in [2.24, 2.45) is 23.7 Å². The fourth-order valence-electron chi connectivity index (χ4n) is 4.85. The van der Waals surface area contributed by atoms with Crippen molar-refractivity contribution in [3.63, 3.8) is 0 Å². The van der Waals surface area contributed by atoms with E-state index in [1.807, 2.05) is 60.7 Å². The van der Waals surface area contributed by atoms with Gasteiger partial charge in [-0.1, -0.05) is 60.7 Å². The van der Waals surface area contributed by atoms with Crippen LogP contribution in [0.2, 0.25) is 0 Å². The molecule has 2 aromatic carbocycles. The Kier molecular flexibility index (Phi) is 5.23. The standard InChI is InChI=1S/C23H26N2O2/c26-22(24-14-16-7-3-1-4-8-16)20-18-11-12-19(13-18)21(20)23(27)25-15-17-9-5-2-6-10-17/h1-10,18-21H,11-15H2,(H,24,26)(H,25,27)/t18-,19+,20-,21+. The highest BCUT2D eigenvalue weighted by Gasteiger charge is 2.53. The molecule has 0 aliphatic heterocycles. The van der Waals surface area contributed by atoms with Gasteiger partial charge >= 0.3 is 0 Å². The minimum absolute atomic E-state index is 0.0333. The Balaban J connectivity index is 1.39. The normalized spacial score (nSPS) is 25.9. The van der Waals surface area contributed by atoms with Crippen molar-refractivity contribution < 1.29 is 9.59 Å². The summed E-state index contributed by atoms with van der Waals surface area (Å²) in [6.45, 7) is 1.04. The van der Waals surface area contributed by atoms with Crippen LogP contribution in [-0.2, 0) is 22.7 Å². The van der Waals surface area contributed by atoms with E-state index in [2.05, 4.69) is 10.6 Å². The first-order valence-electron chi connectivity index (χ1n) is 9.85. The lowest BCUT2D eigenvalue weighted by Gasteiger charge is -2.29. The van der Waals surface area contributed by atoms with E-state index in [4.69, 9.17) is 0 Å². The van der Waals surface area contributed by atoms with Gasteiger partial charge in [0, 0.05) is 13.1 Å². The summed E-state index contributed by atoms with van der Waals surface area (Å²) < 4.78 is 0. The second-order valence-corrected chi connectivity index (χ2v) is 7.79. The second kappa shape index (κ2) is 7.95. The van der Waals surface area contributed by atoms with E-state index in [0.29, 0.717) is 24.9 Å². The molecule has 4 heteroatoms. The van der Waals surface area contributed by atoms with E-state index < -0.39 is 0 Å². The molecular formula is C23H26N2O2. The summed E-state index contributed by atoms with van der Waals surface area (Å²) >= 11 is 0. The molecule has 2 bridgehead atoms. The number of fused-ring (bicyclic) bond motifs is 2. The number of carbonyl (C=O) groups excluding carboxylic acids is 2. The number of nitrogens with one attached hydrogen (secondary N) is 2. The van der Waals surface area contributed by atoms with Gasteiger partial charge in [-0.3, -0.25) is 9.59 Å². The van der Waals surface area contributed by atoms with Crippen molar-refractivity contribution in [3.05, 3.63) is 71.8 Å². The molecule has 0 aromatic heterocycles. The Morgan fingerprint density at radius 1 is 0.704 bits per heavy atom. The smallest absolute Gasteiger partial charge is 0.224 e. The monoisotopic (exact) mass is 362 g/mol. The van der Waals surface area contributed by atoms with Crippen LogP contribution < -0.4 is 10.6 Å². The molecule has 140 valence electrons. The molecule has 4 nitrogen and oxygen atoms in total. The average Bonchev–Trinajstić information content (AvgIpc) is 3.33. The van der Waals surface area contributed by atoms with Crippen LogP contribution >= 0.6 is 0 Å². The molecule has 2 fully saturated rings. The predicted molar refractivity (Wildman–Crippen MR) is 104 cm³/mol. The Bertz CT molecular complexity index is 723. The maximum atomic E-state index is 12.9. The number of hydrogen-bond acceptors (Lipinski definition) is 2. The Hall–Kier alpha value is -2.62. The van der Waals surface area contributed by atoms with E-state index >= 15 is 0 Å². The summed E-state index contributed by atoms with van der Waals surface area (Å²) in [4.78, 5) is 25.8. The summed E-state index contributed by atoms with van der Waals surface area (Å²) in [5.41, 5.74) is 2.16. The largest absolute Gasteiger partial charge is 0.352 e. The summed E-state index contributed by atoms with van der Waals surface area (Å²) in [6, 6.07) is 19.8. The number of amides is 2. The number of benzene rings is 2. The SMILES string of the molecule is O=C(NCc1ccccc1)[C@@H]1[C@@H]2CC[C@@H](C2)[C@@H]1C(=O)NCc1ccccc1. The van der Waals surface area contributed by atoms with Crippen LogP contribution in [0.5, 0.6) is 0 Å². The van der Waals surface area contributed by atoms with Crippen molar-refractivity contribution in [2.45, 2.75) is 32.4 Å². The molecule has 2 aliphatic carbocycles. The molecule has 0 spiro atoms. The van der Waals surface area contributed by atoms with Crippen molar-refractivity contribution >= 4 is 11.8 Å². The molecular weight excluding hydrogens is 336 g/mol. The van der Waals surface area contributed by atoms with Crippen LogP contribution in [0, 0.1) is 23.7 Å². The summed E-state index contributed by atoms with van der Waals surface area (Å²) in [5, 5.41) is 6.13. The highest BCUT2D eigenvalue weighted by Crippen LogP contribution is 2.52. The van der Waals surface area contributed by atoms with Crippen LogP contribution in [0.1, 0.15) is 30.4 Å². The minimum atomic E-state index is -0.191. The van der Waals surface area contributed by atoms with E-state index in [0.717, 1.165) is 30.4 Å². The fourth-order valence-corrected chi connectivity index (χ4v) is 4.85. The lowest BCUT2D eigenvalue weighted by Crippen LogP contribution is -2.44. The third-order valence-corrected chi connectivity index (χ3v) is 6.14. The minimum Gasteiger partial charge on any atom is -0.352 e. The Morgan fingerprint density at radius 3 is 1.52 bits per heavy atom. The third kappa shape index (κ3) is 3.90. The predicted octanol–water partition coefficient (Wildman–Crippen LogP) is 3.28. The maximum Gasteiger partial charge on any atom is 0.224 e. The molecule has 2 aromatic rings. The van der Waals surface area contributed by atoms with Crippen LogP contribution in [0.25, 0.3) is 0 Å². The van der Waals surface area contributed by atoms with Gasteiger partial charge in [0.25, 0.3) is 0 Å². The fraction of sp³-hybridized carbons (Fsp3) is 0.391. The van der Waals surface area contributed by atoms with Gasteiger partial charge in [-0.2, -0.15) is 0 Å². The molecule has 4 rings (SSSR count). The highest BCUT2D eigenvalue weighted by molar-refractivity contribution is 5.89. The van der Waals surface area contributed by atoms with Gasteiger partial charge in [-0.25, -0.2) is 0 Å². The maximum absolute atomic E-state index is 12.9. The van der Waals surface area contributed by atoms with Gasteiger partial charge in [0.15, 0.2) is 0 Å². The zero-order chi connectivity index (χ0) is 18.6. The van der Waals surface area contributed by atoms with Crippen LogP contribution in [0.15, 0.2) is 60.7 Å². The van der Waals surface area contributed by atoms with Crippen molar-refractivity contribution in [2.75, 3.05) is 0 Å². The highest BCUT2D eigenvalue weighted by atomic mass is 16.2. The van der Waals surface area contributed by atoms with Gasteiger partial charge in [0.2, 0.25) is 11.8 Å². The lowest BCUT2D eigenvalue weighted by molar-refractivity contribution is -0.137. The van der Waals surface area contributed by atoms with Gasteiger partial charge in [0.1, 0.15) is 0 Å². The van der Waals surface area contributed by atoms with Gasteiger partial charge in [-0.15, -0.1) is 0 Å². The molecule has 0 unspecified atom stereocenters. The molecule has 27 heavy (non-hydrogen) atoms.